The van der Waals surface area contributed by atoms with Crippen molar-refractivity contribution in [2.75, 3.05) is 27.2 Å². The summed E-state index contributed by atoms with van der Waals surface area (Å²) >= 11 is 0. The van der Waals surface area contributed by atoms with Gasteiger partial charge in [0, 0.05) is 31.7 Å². The molecule has 130 valence electrons. The van der Waals surface area contributed by atoms with Crippen LogP contribution in [0.1, 0.15) is 24.8 Å². The minimum atomic E-state index is -3.37. The number of hydrogen-bond donors (Lipinski definition) is 1. The molecule has 0 aromatic heterocycles. The first-order valence-electron chi connectivity index (χ1n) is 7.95. The molecule has 23 heavy (non-hydrogen) atoms. The second kappa shape index (κ2) is 7.49. The van der Waals surface area contributed by atoms with E-state index in [0.717, 1.165) is 24.9 Å². The van der Waals surface area contributed by atoms with Crippen LogP contribution in [0.3, 0.4) is 0 Å². The highest BCUT2D eigenvalue weighted by Crippen LogP contribution is 2.25. The summed E-state index contributed by atoms with van der Waals surface area (Å²) in [7, 11) is 0.639. The van der Waals surface area contributed by atoms with E-state index in [9.17, 15) is 8.42 Å². The Kier molecular flexibility index (Phi) is 6.08. The molecule has 2 unspecified atom stereocenters. The van der Waals surface area contributed by atoms with Gasteiger partial charge in [-0.05, 0) is 44.6 Å². The van der Waals surface area contributed by atoms with Crippen LogP contribution in [0.15, 0.2) is 29.2 Å². The van der Waals surface area contributed by atoms with Crippen molar-refractivity contribution in [3.05, 3.63) is 29.8 Å². The van der Waals surface area contributed by atoms with E-state index in [4.69, 9.17) is 0 Å². The summed E-state index contributed by atoms with van der Waals surface area (Å²) in [5, 5.41) is 3.53. The molecule has 1 N–H and O–H groups in total. The Labute approximate surface area is 145 Å². The Morgan fingerprint density at radius 3 is 2.22 bits per heavy atom. The standard InChI is InChI=1S/C16H25N3O2S.ClH/c1-18(2)10-13-6-8-16(9-7-13)22(20,21)19-11-14-4-3-5-15(12-19)17-14;/h6-9,14-15,17H,3-5,10-12H2,1-2H3;1H. The van der Waals surface area contributed by atoms with Crippen LogP contribution in [0.4, 0.5) is 0 Å². The molecule has 2 atom stereocenters. The lowest BCUT2D eigenvalue weighted by Crippen LogP contribution is -2.59. The van der Waals surface area contributed by atoms with E-state index >= 15 is 0 Å². The summed E-state index contributed by atoms with van der Waals surface area (Å²) in [5.41, 5.74) is 1.13. The molecule has 7 heteroatoms. The number of nitrogens with zero attached hydrogens (tertiary/aromatic N) is 2. The number of rotatable bonds is 4. The number of piperidine rings is 1. The summed E-state index contributed by atoms with van der Waals surface area (Å²) in [6.45, 7) is 2.01. The van der Waals surface area contributed by atoms with Gasteiger partial charge in [0.05, 0.1) is 4.90 Å². The molecule has 2 aliphatic rings. The zero-order valence-electron chi connectivity index (χ0n) is 13.7. The van der Waals surface area contributed by atoms with Gasteiger partial charge in [-0.1, -0.05) is 18.6 Å². The first kappa shape index (κ1) is 18.7. The number of nitrogens with one attached hydrogen (secondary N) is 1. The van der Waals surface area contributed by atoms with Crippen molar-refractivity contribution in [3.63, 3.8) is 0 Å². The minimum absolute atomic E-state index is 0. The van der Waals surface area contributed by atoms with Gasteiger partial charge < -0.3 is 10.2 Å². The fourth-order valence-electron chi connectivity index (χ4n) is 3.44. The Bertz CT molecular complexity index is 607. The van der Waals surface area contributed by atoms with E-state index in [1.54, 1.807) is 16.4 Å². The van der Waals surface area contributed by atoms with E-state index in [2.05, 4.69) is 10.2 Å². The van der Waals surface area contributed by atoms with Gasteiger partial charge in [0.25, 0.3) is 0 Å². The van der Waals surface area contributed by atoms with Crippen LogP contribution >= 0.6 is 12.4 Å². The third-order valence-electron chi connectivity index (χ3n) is 4.48. The lowest BCUT2D eigenvalue weighted by atomic mass is 9.96. The van der Waals surface area contributed by atoms with Gasteiger partial charge >= 0.3 is 0 Å². The smallest absolute Gasteiger partial charge is 0.243 e. The normalized spacial score (nSPS) is 25.2. The van der Waals surface area contributed by atoms with E-state index in [-0.39, 0.29) is 12.4 Å². The van der Waals surface area contributed by atoms with Crippen molar-refractivity contribution in [2.24, 2.45) is 0 Å². The molecular weight excluding hydrogens is 334 g/mol. The number of hydrogen-bond acceptors (Lipinski definition) is 4. The van der Waals surface area contributed by atoms with Crippen LogP contribution in [-0.4, -0.2) is 56.9 Å². The van der Waals surface area contributed by atoms with Crippen LogP contribution in [0.5, 0.6) is 0 Å². The molecule has 2 bridgehead atoms. The van der Waals surface area contributed by atoms with Crippen molar-refractivity contribution in [3.8, 4) is 0 Å². The molecule has 2 heterocycles. The van der Waals surface area contributed by atoms with Gasteiger partial charge in [-0.2, -0.15) is 4.31 Å². The van der Waals surface area contributed by atoms with Gasteiger partial charge in [-0.15, -0.1) is 12.4 Å². The van der Waals surface area contributed by atoms with Crippen molar-refractivity contribution in [1.82, 2.24) is 14.5 Å². The fourth-order valence-corrected chi connectivity index (χ4v) is 4.97. The SMILES string of the molecule is CN(C)Cc1ccc(S(=O)(=O)N2CC3CCCC(C2)N3)cc1.Cl. The Morgan fingerprint density at radius 2 is 1.70 bits per heavy atom. The summed E-state index contributed by atoms with van der Waals surface area (Å²) in [6.07, 6.45) is 3.35. The monoisotopic (exact) mass is 359 g/mol. The maximum Gasteiger partial charge on any atom is 0.243 e. The Hall–Kier alpha value is -0.660. The minimum Gasteiger partial charge on any atom is -0.309 e. The molecule has 0 saturated carbocycles. The third kappa shape index (κ3) is 4.25. The lowest BCUT2D eigenvalue weighted by Gasteiger charge is -2.41. The zero-order valence-corrected chi connectivity index (χ0v) is 15.4. The van der Waals surface area contributed by atoms with Crippen molar-refractivity contribution in [1.29, 1.82) is 0 Å². The number of halogens is 1. The Morgan fingerprint density at radius 1 is 1.13 bits per heavy atom. The average molecular weight is 360 g/mol. The molecular formula is C16H26ClN3O2S. The highest BCUT2D eigenvalue weighted by atomic mass is 35.5. The number of fused-ring (bicyclic) bond motifs is 2. The molecule has 2 aliphatic heterocycles. The average Bonchev–Trinajstić information content (AvgIpc) is 2.46. The number of sulfonamides is 1. The first-order valence-corrected chi connectivity index (χ1v) is 9.39. The van der Waals surface area contributed by atoms with Gasteiger partial charge in [-0.25, -0.2) is 8.42 Å². The van der Waals surface area contributed by atoms with Gasteiger partial charge in [0.1, 0.15) is 0 Å². The highest BCUT2D eigenvalue weighted by Gasteiger charge is 2.36. The van der Waals surface area contributed by atoms with E-state index < -0.39 is 10.0 Å². The van der Waals surface area contributed by atoms with E-state index in [0.29, 0.717) is 30.1 Å². The van der Waals surface area contributed by atoms with Crippen molar-refractivity contribution >= 4 is 22.4 Å². The molecule has 0 amide bonds. The molecule has 2 saturated heterocycles. The summed E-state index contributed by atoms with van der Waals surface area (Å²) in [4.78, 5) is 2.48. The zero-order chi connectivity index (χ0) is 15.7. The fraction of sp³-hybridized carbons (Fsp3) is 0.625. The van der Waals surface area contributed by atoms with Crippen LogP contribution in [-0.2, 0) is 16.6 Å². The predicted molar refractivity (Wildman–Crippen MR) is 94.4 cm³/mol. The molecule has 1 aromatic rings. The topological polar surface area (TPSA) is 52.7 Å². The molecule has 2 fully saturated rings. The van der Waals surface area contributed by atoms with Crippen LogP contribution < -0.4 is 5.32 Å². The van der Waals surface area contributed by atoms with Crippen LogP contribution in [0, 0.1) is 0 Å². The summed E-state index contributed by atoms with van der Waals surface area (Å²) in [5.74, 6) is 0. The number of benzene rings is 1. The largest absolute Gasteiger partial charge is 0.309 e. The number of piperazine rings is 1. The molecule has 0 aliphatic carbocycles. The van der Waals surface area contributed by atoms with Crippen LogP contribution in [0.2, 0.25) is 0 Å². The second-order valence-corrected chi connectivity index (χ2v) is 8.63. The maximum absolute atomic E-state index is 12.8. The third-order valence-corrected chi connectivity index (χ3v) is 6.33. The van der Waals surface area contributed by atoms with E-state index in [1.165, 1.54) is 6.42 Å². The molecule has 5 nitrogen and oxygen atoms in total. The molecule has 1 aromatic carbocycles. The summed E-state index contributed by atoms with van der Waals surface area (Å²) < 4.78 is 27.3. The van der Waals surface area contributed by atoms with Gasteiger partial charge in [0.15, 0.2) is 0 Å². The van der Waals surface area contributed by atoms with Gasteiger partial charge in [0.2, 0.25) is 10.0 Å². The second-order valence-electron chi connectivity index (χ2n) is 6.70. The van der Waals surface area contributed by atoms with Crippen molar-refractivity contribution in [2.45, 2.75) is 42.8 Å². The lowest BCUT2D eigenvalue weighted by molar-refractivity contribution is 0.190. The van der Waals surface area contributed by atoms with Crippen molar-refractivity contribution < 1.29 is 8.42 Å². The first-order chi connectivity index (χ1) is 10.4. The molecule has 3 rings (SSSR count). The van der Waals surface area contributed by atoms with E-state index in [1.807, 2.05) is 26.2 Å². The molecule has 0 radical (unpaired) electrons. The maximum atomic E-state index is 12.8. The molecule has 0 spiro atoms. The summed E-state index contributed by atoms with van der Waals surface area (Å²) in [6, 6.07) is 7.94. The quantitative estimate of drug-likeness (QED) is 0.888. The Balaban J connectivity index is 0.00000192. The van der Waals surface area contributed by atoms with Gasteiger partial charge in [-0.3, -0.25) is 0 Å². The van der Waals surface area contributed by atoms with Crippen LogP contribution in [0.25, 0.3) is 0 Å². The predicted octanol–water partition coefficient (Wildman–Crippen LogP) is 1.69. The highest BCUT2D eigenvalue weighted by molar-refractivity contribution is 7.89.